The van der Waals surface area contributed by atoms with Gasteiger partial charge in [0.05, 0.1) is 12.1 Å². The largest absolute Gasteiger partial charge is 0.390 e. The van der Waals surface area contributed by atoms with Crippen molar-refractivity contribution >= 4 is 11.8 Å². The van der Waals surface area contributed by atoms with Crippen LogP contribution in [0.5, 0.6) is 0 Å². The number of aryl methyl sites for hydroxylation is 1. The van der Waals surface area contributed by atoms with E-state index in [4.69, 9.17) is 5.21 Å². The van der Waals surface area contributed by atoms with Gasteiger partial charge in [-0.15, -0.1) is 0 Å². The van der Waals surface area contributed by atoms with Gasteiger partial charge in [-0.05, 0) is 34.7 Å². The Morgan fingerprint density at radius 3 is 2.55 bits per heavy atom. The predicted molar refractivity (Wildman–Crippen MR) is 125 cm³/mol. The Kier molecular flexibility index (Phi) is 6.87. The van der Waals surface area contributed by atoms with Gasteiger partial charge in [0.15, 0.2) is 0 Å². The quantitative estimate of drug-likeness (QED) is 0.380. The molecular formula is C27H28N2O4. The maximum absolute atomic E-state index is 13.4. The molecule has 0 saturated heterocycles. The fourth-order valence-corrected chi connectivity index (χ4v) is 4.63. The summed E-state index contributed by atoms with van der Waals surface area (Å²) < 4.78 is 0. The van der Waals surface area contributed by atoms with Gasteiger partial charge in [0.25, 0.3) is 0 Å². The summed E-state index contributed by atoms with van der Waals surface area (Å²) in [7, 11) is 0. The average Bonchev–Trinajstić information content (AvgIpc) is 3.16. The summed E-state index contributed by atoms with van der Waals surface area (Å²) in [5, 5.41) is 19.8. The molecule has 0 heterocycles. The smallest absolute Gasteiger partial charge is 0.243 e. The minimum Gasteiger partial charge on any atom is -0.390 e. The summed E-state index contributed by atoms with van der Waals surface area (Å²) in [4.78, 5) is 26.6. The van der Waals surface area contributed by atoms with Crippen molar-refractivity contribution in [1.82, 2.24) is 10.4 Å². The third kappa shape index (κ3) is 4.97. The van der Waals surface area contributed by atoms with Crippen LogP contribution < -0.4 is 5.48 Å². The third-order valence-corrected chi connectivity index (χ3v) is 6.20. The van der Waals surface area contributed by atoms with Crippen molar-refractivity contribution in [1.29, 1.82) is 0 Å². The van der Waals surface area contributed by atoms with E-state index in [0.29, 0.717) is 13.0 Å². The second-order valence-corrected chi connectivity index (χ2v) is 8.50. The highest BCUT2D eigenvalue weighted by atomic mass is 16.5. The molecule has 3 N–H and O–H groups in total. The van der Waals surface area contributed by atoms with Crippen LogP contribution >= 0.6 is 0 Å². The molecule has 6 heteroatoms. The number of aliphatic hydroxyl groups is 1. The SMILES string of the molecule is Cc1cccc(-c2ccccc2CN(C(=O)CCC(=O)NO)[C@H]2c3ccccc3C[C@H]2O)c1. The molecular weight excluding hydrogens is 416 g/mol. The molecule has 0 fully saturated rings. The predicted octanol–water partition coefficient (Wildman–Crippen LogP) is 3.93. The summed E-state index contributed by atoms with van der Waals surface area (Å²) in [5.41, 5.74) is 7.71. The molecule has 0 unspecified atom stereocenters. The number of nitrogens with one attached hydrogen (secondary N) is 1. The van der Waals surface area contributed by atoms with Crippen LogP contribution in [0.2, 0.25) is 0 Å². The number of aliphatic hydroxyl groups excluding tert-OH is 1. The molecule has 0 radical (unpaired) electrons. The molecule has 1 aliphatic rings. The lowest BCUT2D eigenvalue weighted by Crippen LogP contribution is -2.39. The monoisotopic (exact) mass is 444 g/mol. The van der Waals surface area contributed by atoms with Crippen molar-refractivity contribution < 1.29 is 19.9 Å². The molecule has 2 atom stereocenters. The Labute approximate surface area is 193 Å². The standard InChI is InChI=1S/C27H28N2O4/c1-18-7-6-10-19(15-18)22-11-4-3-9-21(22)17-29(26(32)14-13-25(31)28-33)27-23-12-5-2-8-20(23)16-24(27)30/h2-12,15,24,27,30,33H,13-14,16-17H2,1H3,(H,28,31)/t24-,27+/m1/s1. The van der Waals surface area contributed by atoms with Gasteiger partial charge in [-0.3, -0.25) is 14.8 Å². The van der Waals surface area contributed by atoms with E-state index in [1.165, 1.54) is 0 Å². The van der Waals surface area contributed by atoms with Crippen molar-refractivity contribution in [2.24, 2.45) is 0 Å². The summed E-state index contributed by atoms with van der Waals surface area (Å²) in [6, 6.07) is 23.4. The number of nitrogens with zero attached hydrogens (tertiary/aromatic N) is 1. The summed E-state index contributed by atoms with van der Waals surface area (Å²) >= 11 is 0. The van der Waals surface area contributed by atoms with Gasteiger partial charge in [0, 0.05) is 25.8 Å². The Bertz CT molecular complexity index is 1160. The lowest BCUT2D eigenvalue weighted by Gasteiger charge is -2.33. The van der Waals surface area contributed by atoms with E-state index in [2.05, 4.69) is 6.07 Å². The van der Waals surface area contributed by atoms with Crippen molar-refractivity contribution in [3.63, 3.8) is 0 Å². The van der Waals surface area contributed by atoms with Gasteiger partial charge in [0.1, 0.15) is 0 Å². The second kappa shape index (κ2) is 9.98. The summed E-state index contributed by atoms with van der Waals surface area (Å²) in [6.45, 7) is 2.33. The number of hydrogen-bond acceptors (Lipinski definition) is 4. The Hall–Kier alpha value is -3.48. The highest BCUT2D eigenvalue weighted by Gasteiger charge is 2.37. The molecule has 0 saturated carbocycles. The van der Waals surface area contributed by atoms with Crippen LogP contribution in [0.4, 0.5) is 0 Å². The number of amides is 2. The molecule has 2 amide bonds. The fraction of sp³-hybridized carbons (Fsp3) is 0.259. The first-order valence-corrected chi connectivity index (χ1v) is 11.1. The van der Waals surface area contributed by atoms with Gasteiger partial charge >= 0.3 is 0 Å². The zero-order valence-electron chi connectivity index (χ0n) is 18.6. The summed E-state index contributed by atoms with van der Waals surface area (Å²) in [5.74, 6) is -0.866. The number of fused-ring (bicyclic) bond motifs is 1. The van der Waals surface area contributed by atoms with E-state index in [9.17, 15) is 14.7 Å². The van der Waals surface area contributed by atoms with E-state index in [1.54, 1.807) is 10.4 Å². The Morgan fingerprint density at radius 1 is 1.00 bits per heavy atom. The van der Waals surface area contributed by atoms with E-state index in [1.807, 2.05) is 73.7 Å². The minimum absolute atomic E-state index is 0.0651. The number of hydroxylamine groups is 1. The molecule has 0 aliphatic heterocycles. The van der Waals surface area contributed by atoms with Crippen molar-refractivity contribution in [2.45, 2.75) is 44.9 Å². The van der Waals surface area contributed by atoms with E-state index >= 15 is 0 Å². The third-order valence-electron chi connectivity index (χ3n) is 6.20. The number of carbonyl (C=O) groups excluding carboxylic acids is 2. The first-order chi connectivity index (χ1) is 16.0. The number of carbonyl (C=O) groups is 2. The molecule has 3 aromatic rings. The first kappa shape index (κ1) is 22.7. The Balaban J connectivity index is 1.71. The van der Waals surface area contributed by atoms with Crippen molar-refractivity contribution in [3.05, 3.63) is 95.1 Å². The lowest BCUT2D eigenvalue weighted by atomic mass is 9.96. The average molecular weight is 445 g/mol. The molecule has 33 heavy (non-hydrogen) atoms. The maximum atomic E-state index is 13.4. The van der Waals surface area contributed by atoms with Gasteiger partial charge < -0.3 is 10.0 Å². The highest BCUT2D eigenvalue weighted by molar-refractivity contribution is 5.84. The zero-order chi connectivity index (χ0) is 23.4. The molecule has 0 aromatic heterocycles. The van der Waals surface area contributed by atoms with Crippen LogP contribution in [-0.2, 0) is 22.6 Å². The van der Waals surface area contributed by atoms with Crippen molar-refractivity contribution in [2.75, 3.05) is 0 Å². The highest BCUT2D eigenvalue weighted by Crippen LogP contribution is 2.38. The van der Waals surface area contributed by atoms with Crippen LogP contribution in [0.15, 0.2) is 72.8 Å². The molecule has 3 aromatic carbocycles. The van der Waals surface area contributed by atoms with Crippen LogP contribution in [0.3, 0.4) is 0 Å². The second-order valence-electron chi connectivity index (χ2n) is 8.50. The number of benzene rings is 3. The molecule has 0 bridgehead atoms. The molecule has 170 valence electrons. The molecule has 6 nitrogen and oxygen atoms in total. The van der Waals surface area contributed by atoms with Crippen LogP contribution in [0.1, 0.15) is 41.1 Å². The molecule has 0 spiro atoms. The van der Waals surface area contributed by atoms with Crippen LogP contribution in [0, 0.1) is 6.92 Å². The zero-order valence-corrected chi connectivity index (χ0v) is 18.6. The maximum Gasteiger partial charge on any atom is 0.243 e. The van der Waals surface area contributed by atoms with Gasteiger partial charge in [-0.1, -0.05) is 78.4 Å². The fourth-order valence-electron chi connectivity index (χ4n) is 4.63. The van der Waals surface area contributed by atoms with Crippen LogP contribution in [-0.4, -0.2) is 33.1 Å². The van der Waals surface area contributed by atoms with Crippen molar-refractivity contribution in [3.8, 4) is 11.1 Å². The van der Waals surface area contributed by atoms with E-state index in [0.717, 1.165) is 33.4 Å². The summed E-state index contributed by atoms with van der Waals surface area (Å²) in [6.07, 6.45) is -0.453. The van der Waals surface area contributed by atoms with E-state index in [-0.39, 0.29) is 18.7 Å². The van der Waals surface area contributed by atoms with Crippen LogP contribution in [0.25, 0.3) is 11.1 Å². The van der Waals surface area contributed by atoms with Gasteiger partial charge in [-0.25, -0.2) is 5.48 Å². The minimum atomic E-state index is -0.732. The van der Waals surface area contributed by atoms with Gasteiger partial charge in [0.2, 0.25) is 11.8 Å². The number of hydrogen-bond donors (Lipinski definition) is 3. The van der Waals surface area contributed by atoms with E-state index < -0.39 is 18.1 Å². The molecule has 4 rings (SSSR count). The Morgan fingerprint density at radius 2 is 1.76 bits per heavy atom. The normalized spacial score (nSPS) is 16.8. The molecule has 1 aliphatic carbocycles. The first-order valence-electron chi connectivity index (χ1n) is 11.1. The van der Waals surface area contributed by atoms with Gasteiger partial charge in [-0.2, -0.15) is 0 Å². The topological polar surface area (TPSA) is 89.9 Å². The lowest BCUT2D eigenvalue weighted by molar-refractivity contribution is -0.140. The number of rotatable bonds is 7.